The number of halogens is 1. The number of fused-ring (bicyclic) bond motifs is 1. The van der Waals surface area contributed by atoms with E-state index in [1.54, 1.807) is 0 Å². The van der Waals surface area contributed by atoms with Crippen molar-refractivity contribution in [1.29, 1.82) is 0 Å². The zero-order chi connectivity index (χ0) is 13.4. The van der Waals surface area contributed by atoms with Crippen LogP contribution in [0.2, 0.25) is 5.02 Å². The molecule has 0 spiro atoms. The van der Waals surface area contributed by atoms with E-state index in [-0.39, 0.29) is 5.92 Å². The molecule has 0 unspecified atom stereocenters. The van der Waals surface area contributed by atoms with Crippen LogP contribution in [0.25, 0.3) is 11.1 Å². The Kier molecular flexibility index (Phi) is 3.37. The highest BCUT2D eigenvalue weighted by atomic mass is 35.5. The van der Waals surface area contributed by atoms with E-state index in [1.165, 1.54) is 0 Å². The van der Waals surface area contributed by atoms with Crippen molar-refractivity contribution in [1.82, 2.24) is 10.3 Å². The number of nitrogens with one attached hydrogen (secondary N) is 1. The van der Waals surface area contributed by atoms with Crippen LogP contribution < -0.4 is 10.2 Å². The van der Waals surface area contributed by atoms with Gasteiger partial charge in [-0.15, -0.1) is 0 Å². The Labute approximate surface area is 117 Å². The lowest BCUT2D eigenvalue weighted by Crippen LogP contribution is -2.43. The molecule has 1 N–H and O–H groups in total. The molecule has 1 aliphatic heterocycles. The van der Waals surface area contributed by atoms with Crippen LogP contribution in [0.3, 0.4) is 0 Å². The summed E-state index contributed by atoms with van der Waals surface area (Å²) < 4.78 is 5.73. The smallest absolute Gasteiger partial charge is 0.198 e. The lowest BCUT2D eigenvalue weighted by Gasteiger charge is -2.29. The standard InChI is InChI=1S/C14H18ClN3O/c1-9(2)14-17-12-8-10(7-11(15)13(12)19-14)18-5-3-16-4-6-18/h7-9,16H,3-6H2,1-2H3. The highest BCUT2D eigenvalue weighted by Crippen LogP contribution is 2.32. The third-order valence-corrected chi connectivity index (χ3v) is 3.70. The summed E-state index contributed by atoms with van der Waals surface area (Å²) in [5, 5.41) is 3.99. The quantitative estimate of drug-likeness (QED) is 0.917. The summed E-state index contributed by atoms with van der Waals surface area (Å²) in [5.41, 5.74) is 2.68. The van der Waals surface area contributed by atoms with Crippen LogP contribution in [-0.4, -0.2) is 31.2 Å². The van der Waals surface area contributed by atoms with Crippen LogP contribution in [0.15, 0.2) is 16.5 Å². The van der Waals surface area contributed by atoms with E-state index in [2.05, 4.69) is 35.1 Å². The molecule has 19 heavy (non-hydrogen) atoms. The fourth-order valence-electron chi connectivity index (χ4n) is 2.35. The number of hydrogen-bond acceptors (Lipinski definition) is 4. The van der Waals surface area contributed by atoms with Crippen LogP contribution in [-0.2, 0) is 0 Å². The van der Waals surface area contributed by atoms with Gasteiger partial charge in [0.05, 0.1) is 5.02 Å². The molecule has 1 saturated heterocycles. The van der Waals surface area contributed by atoms with Crippen molar-refractivity contribution < 1.29 is 4.42 Å². The van der Waals surface area contributed by atoms with Crippen molar-refractivity contribution in [3.63, 3.8) is 0 Å². The molecule has 2 aromatic rings. The van der Waals surface area contributed by atoms with Gasteiger partial charge in [0.15, 0.2) is 11.5 Å². The number of anilines is 1. The normalized spacial score (nSPS) is 16.5. The van der Waals surface area contributed by atoms with E-state index >= 15 is 0 Å². The molecule has 4 nitrogen and oxygen atoms in total. The maximum atomic E-state index is 6.32. The molecule has 102 valence electrons. The van der Waals surface area contributed by atoms with Crippen molar-refractivity contribution in [3.8, 4) is 0 Å². The molecule has 0 amide bonds. The molecule has 3 rings (SSSR count). The van der Waals surface area contributed by atoms with Gasteiger partial charge in [-0.3, -0.25) is 0 Å². The van der Waals surface area contributed by atoms with Crippen LogP contribution >= 0.6 is 11.6 Å². The fraction of sp³-hybridized carbons (Fsp3) is 0.500. The van der Waals surface area contributed by atoms with Crippen molar-refractivity contribution in [2.24, 2.45) is 0 Å². The van der Waals surface area contributed by atoms with E-state index in [0.717, 1.165) is 43.3 Å². The topological polar surface area (TPSA) is 41.3 Å². The second-order valence-corrected chi connectivity index (χ2v) is 5.63. The second kappa shape index (κ2) is 5.02. The minimum Gasteiger partial charge on any atom is -0.439 e. The Balaban J connectivity index is 2.02. The summed E-state index contributed by atoms with van der Waals surface area (Å²) in [6.45, 7) is 8.14. The molecule has 1 aliphatic rings. The predicted octanol–water partition coefficient (Wildman–Crippen LogP) is 3.01. The number of nitrogens with zero attached hydrogens (tertiary/aromatic N) is 2. The Morgan fingerprint density at radius 2 is 2.05 bits per heavy atom. The number of oxazole rings is 1. The maximum Gasteiger partial charge on any atom is 0.198 e. The second-order valence-electron chi connectivity index (χ2n) is 5.22. The number of rotatable bonds is 2. The van der Waals surface area contributed by atoms with Crippen molar-refractivity contribution in [2.45, 2.75) is 19.8 Å². The zero-order valence-corrected chi connectivity index (χ0v) is 12.0. The first kappa shape index (κ1) is 12.8. The summed E-state index contributed by atoms with van der Waals surface area (Å²) in [7, 11) is 0. The third-order valence-electron chi connectivity index (χ3n) is 3.42. The van der Waals surface area contributed by atoms with Gasteiger partial charge in [-0.25, -0.2) is 4.98 Å². The van der Waals surface area contributed by atoms with E-state index in [9.17, 15) is 0 Å². The molecular weight excluding hydrogens is 262 g/mol. The van der Waals surface area contributed by atoms with Gasteiger partial charge in [0.2, 0.25) is 0 Å². The first-order chi connectivity index (χ1) is 9.15. The minimum absolute atomic E-state index is 0.270. The third kappa shape index (κ3) is 2.42. The summed E-state index contributed by atoms with van der Waals surface area (Å²) >= 11 is 6.32. The summed E-state index contributed by atoms with van der Waals surface area (Å²) in [5.74, 6) is 1.01. The molecular formula is C14H18ClN3O. The van der Waals surface area contributed by atoms with Crippen LogP contribution in [0.4, 0.5) is 5.69 Å². The van der Waals surface area contributed by atoms with Crippen molar-refractivity contribution >= 4 is 28.4 Å². The fourth-order valence-corrected chi connectivity index (χ4v) is 2.59. The van der Waals surface area contributed by atoms with Gasteiger partial charge in [0.25, 0.3) is 0 Å². The number of benzene rings is 1. The molecule has 1 fully saturated rings. The average molecular weight is 280 g/mol. The molecule has 1 aromatic carbocycles. The molecule has 0 radical (unpaired) electrons. The Hall–Kier alpha value is -1.26. The van der Waals surface area contributed by atoms with Crippen molar-refractivity contribution in [2.75, 3.05) is 31.1 Å². The van der Waals surface area contributed by atoms with Crippen LogP contribution in [0.1, 0.15) is 25.7 Å². The summed E-state index contributed by atoms with van der Waals surface area (Å²) in [6, 6.07) is 4.05. The molecule has 0 atom stereocenters. The molecule has 2 heterocycles. The number of piperazine rings is 1. The van der Waals surface area contributed by atoms with E-state index in [4.69, 9.17) is 16.0 Å². The lowest BCUT2D eigenvalue weighted by atomic mass is 10.2. The Bertz CT molecular complexity index is 588. The molecule has 1 aromatic heterocycles. The number of aromatic nitrogens is 1. The van der Waals surface area contributed by atoms with Crippen LogP contribution in [0, 0.1) is 0 Å². The van der Waals surface area contributed by atoms with E-state index in [0.29, 0.717) is 10.6 Å². The van der Waals surface area contributed by atoms with Gasteiger partial charge >= 0.3 is 0 Å². The highest BCUT2D eigenvalue weighted by molar-refractivity contribution is 6.35. The SMILES string of the molecule is CC(C)c1nc2cc(N3CCNCC3)cc(Cl)c2o1. The zero-order valence-electron chi connectivity index (χ0n) is 11.2. The minimum atomic E-state index is 0.270. The first-order valence-corrected chi connectivity index (χ1v) is 7.08. The lowest BCUT2D eigenvalue weighted by molar-refractivity contribution is 0.501. The number of hydrogen-bond donors (Lipinski definition) is 1. The average Bonchev–Trinajstić information content (AvgIpc) is 2.84. The monoisotopic (exact) mass is 279 g/mol. The van der Waals surface area contributed by atoms with Gasteiger partial charge in [-0.1, -0.05) is 25.4 Å². The van der Waals surface area contributed by atoms with E-state index < -0.39 is 0 Å². The first-order valence-electron chi connectivity index (χ1n) is 6.71. The Morgan fingerprint density at radius 1 is 1.32 bits per heavy atom. The molecule has 5 heteroatoms. The molecule has 0 bridgehead atoms. The summed E-state index contributed by atoms with van der Waals surface area (Å²) in [6.07, 6.45) is 0. The van der Waals surface area contributed by atoms with E-state index in [1.807, 2.05) is 6.07 Å². The molecule has 0 saturated carbocycles. The molecule has 0 aliphatic carbocycles. The summed E-state index contributed by atoms with van der Waals surface area (Å²) in [4.78, 5) is 6.86. The van der Waals surface area contributed by atoms with Gasteiger partial charge in [-0.05, 0) is 12.1 Å². The van der Waals surface area contributed by atoms with Crippen molar-refractivity contribution in [3.05, 3.63) is 23.0 Å². The van der Waals surface area contributed by atoms with Crippen LogP contribution in [0.5, 0.6) is 0 Å². The van der Waals surface area contributed by atoms with Gasteiger partial charge in [-0.2, -0.15) is 0 Å². The van der Waals surface area contributed by atoms with Gasteiger partial charge < -0.3 is 14.6 Å². The largest absolute Gasteiger partial charge is 0.439 e. The maximum absolute atomic E-state index is 6.32. The Morgan fingerprint density at radius 3 is 2.74 bits per heavy atom. The predicted molar refractivity (Wildman–Crippen MR) is 78.2 cm³/mol. The van der Waals surface area contributed by atoms with Gasteiger partial charge in [0, 0.05) is 37.8 Å². The highest BCUT2D eigenvalue weighted by Gasteiger charge is 2.16. The van der Waals surface area contributed by atoms with Gasteiger partial charge in [0.1, 0.15) is 5.52 Å².